The lowest BCUT2D eigenvalue weighted by Crippen LogP contribution is -2.57. The molecule has 2 heterocycles. The number of nitrogens with zero attached hydrogens (tertiary/aromatic N) is 2. The molecule has 1 aromatic carbocycles. The van der Waals surface area contributed by atoms with Crippen molar-refractivity contribution in [1.82, 2.24) is 0 Å². The van der Waals surface area contributed by atoms with E-state index in [-0.39, 0.29) is 0 Å². The van der Waals surface area contributed by atoms with Crippen LogP contribution in [0.25, 0.3) is 0 Å². The highest BCUT2D eigenvalue weighted by Crippen LogP contribution is 2.56. The van der Waals surface area contributed by atoms with Gasteiger partial charge in [-0.15, -0.1) is 0 Å². The molecule has 4 rings (SSSR count). The van der Waals surface area contributed by atoms with Crippen LogP contribution in [-0.2, 0) is 0 Å². The third kappa shape index (κ3) is 3.14. The summed E-state index contributed by atoms with van der Waals surface area (Å²) in [6.07, 6.45) is 12.7. The minimum Gasteiger partial charge on any atom is -0.353 e. The van der Waals surface area contributed by atoms with Crippen LogP contribution in [-0.4, -0.2) is 19.3 Å². The van der Waals surface area contributed by atoms with Crippen LogP contribution in [0.4, 0.5) is 11.4 Å². The largest absolute Gasteiger partial charge is 0.353 e. The fourth-order valence-electron chi connectivity index (χ4n) is 6.55. The first-order chi connectivity index (χ1) is 13.9. The van der Waals surface area contributed by atoms with E-state index < -0.39 is 0 Å². The molecule has 2 nitrogen and oxygen atoms in total. The van der Waals surface area contributed by atoms with E-state index in [2.05, 4.69) is 101 Å². The van der Waals surface area contributed by atoms with Crippen LogP contribution in [0.3, 0.4) is 0 Å². The van der Waals surface area contributed by atoms with Crippen molar-refractivity contribution in [1.29, 1.82) is 0 Å². The van der Waals surface area contributed by atoms with Gasteiger partial charge in [0.05, 0.1) is 17.5 Å². The first-order valence-corrected chi connectivity index (χ1v) is 11.9. The Kier molecular flexibility index (Phi) is 5.57. The van der Waals surface area contributed by atoms with Crippen LogP contribution in [0.15, 0.2) is 42.5 Å². The average molecular weight is 393 g/mol. The maximum atomic E-state index is 2.81. The predicted molar refractivity (Wildman–Crippen MR) is 127 cm³/mol. The van der Waals surface area contributed by atoms with E-state index in [1.807, 2.05) is 0 Å². The fourth-order valence-corrected chi connectivity index (χ4v) is 6.55. The Bertz CT molecular complexity index is 792. The van der Waals surface area contributed by atoms with E-state index in [1.54, 1.807) is 5.56 Å². The molecule has 7 atom stereocenters. The molecule has 1 aliphatic carbocycles. The number of para-hydroxylation sites is 1. The van der Waals surface area contributed by atoms with Gasteiger partial charge in [0.15, 0.2) is 0 Å². The molecule has 0 spiro atoms. The molecular weight excluding hydrogens is 352 g/mol. The van der Waals surface area contributed by atoms with Crippen molar-refractivity contribution < 1.29 is 0 Å². The van der Waals surface area contributed by atoms with E-state index in [4.69, 9.17) is 0 Å². The summed E-state index contributed by atoms with van der Waals surface area (Å²) in [5, 5.41) is 0. The number of hydrogen-bond donors (Lipinski definition) is 0. The molecular formula is C27H40N2. The van der Waals surface area contributed by atoms with Crippen LogP contribution in [0.2, 0.25) is 0 Å². The zero-order valence-corrected chi connectivity index (χ0v) is 19.5. The van der Waals surface area contributed by atoms with E-state index >= 15 is 0 Å². The monoisotopic (exact) mass is 392 g/mol. The lowest BCUT2D eigenvalue weighted by atomic mass is 9.63. The Morgan fingerprint density at radius 2 is 1.93 bits per heavy atom. The highest BCUT2D eigenvalue weighted by molar-refractivity contribution is 5.82. The summed E-state index contributed by atoms with van der Waals surface area (Å²) in [5.41, 5.74) is 4.51. The smallest absolute Gasteiger partial charge is 0.0988 e. The predicted octanol–water partition coefficient (Wildman–Crippen LogP) is 6.84. The summed E-state index contributed by atoms with van der Waals surface area (Å²) in [7, 11) is 2.27. The van der Waals surface area contributed by atoms with Gasteiger partial charge in [0, 0.05) is 19.0 Å². The third-order valence-corrected chi connectivity index (χ3v) is 8.28. The van der Waals surface area contributed by atoms with E-state index in [0.29, 0.717) is 47.7 Å². The number of allylic oxidation sites excluding steroid dienone is 3. The van der Waals surface area contributed by atoms with Crippen LogP contribution < -0.4 is 9.80 Å². The Hall–Kier alpha value is -1.70. The zero-order chi connectivity index (χ0) is 20.9. The summed E-state index contributed by atoms with van der Waals surface area (Å²) in [5.74, 6) is 3.86. The molecule has 2 aliphatic heterocycles. The minimum absolute atomic E-state index is 0.427. The molecule has 3 aliphatic rings. The van der Waals surface area contributed by atoms with Crippen molar-refractivity contribution in [2.75, 3.05) is 16.8 Å². The van der Waals surface area contributed by atoms with Gasteiger partial charge < -0.3 is 9.80 Å². The van der Waals surface area contributed by atoms with Crippen molar-refractivity contribution in [3.8, 4) is 0 Å². The van der Waals surface area contributed by atoms with E-state index in [9.17, 15) is 0 Å². The zero-order valence-electron chi connectivity index (χ0n) is 19.5. The van der Waals surface area contributed by atoms with Gasteiger partial charge in [0.1, 0.15) is 0 Å². The average Bonchev–Trinajstić information content (AvgIpc) is 2.97. The number of benzene rings is 1. The molecule has 0 saturated heterocycles. The second-order valence-corrected chi connectivity index (χ2v) is 10.1. The van der Waals surface area contributed by atoms with Gasteiger partial charge in [-0.25, -0.2) is 0 Å². The maximum Gasteiger partial charge on any atom is 0.0988 e. The SMILES string of the molecule is CC/C=C\C(C(C)C)C(C)C1C=CCC2C(C)c3cccc4c3N(C12)C(C)N4C. The van der Waals surface area contributed by atoms with Crippen LogP contribution in [0.1, 0.15) is 65.9 Å². The minimum atomic E-state index is 0.427. The van der Waals surface area contributed by atoms with E-state index in [0.717, 1.165) is 6.42 Å². The first kappa shape index (κ1) is 20.6. The van der Waals surface area contributed by atoms with E-state index in [1.165, 1.54) is 17.8 Å². The second kappa shape index (κ2) is 7.85. The number of hydrogen-bond acceptors (Lipinski definition) is 2. The van der Waals surface area contributed by atoms with Crippen molar-refractivity contribution in [2.45, 2.75) is 72.5 Å². The summed E-state index contributed by atoms with van der Waals surface area (Å²) >= 11 is 0. The van der Waals surface area contributed by atoms with Gasteiger partial charge in [0.2, 0.25) is 0 Å². The molecule has 0 aromatic heterocycles. The van der Waals surface area contributed by atoms with Crippen LogP contribution >= 0.6 is 0 Å². The van der Waals surface area contributed by atoms with Gasteiger partial charge >= 0.3 is 0 Å². The molecule has 1 aromatic rings. The summed E-state index contributed by atoms with van der Waals surface area (Å²) in [6, 6.07) is 7.56. The normalized spacial score (nSPS) is 32.6. The molecule has 0 saturated carbocycles. The van der Waals surface area contributed by atoms with Crippen molar-refractivity contribution in [2.24, 2.45) is 29.6 Å². The van der Waals surface area contributed by atoms with Gasteiger partial charge in [-0.05, 0) is 61.0 Å². The highest BCUT2D eigenvalue weighted by Gasteiger charge is 2.50. The topological polar surface area (TPSA) is 6.48 Å². The summed E-state index contributed by atoms with van der Waals surface area (Å²) in [6.45, 7) is 14.4. The quantitative estimate of drug-likeness (QED) is 0.506. The molecule has 0 amide bonds. The molecule has 0 fully saturated rings. The molecule has 0 bridgehead atoms. The van der Waals surface area contributed by atoms with Crippen molar-refractivity contribution in [3.05, 3.63) is 48.1 Å². The summed E-state index contributed by atoms with van der Waals surface area (Å²) in [4.78, 5) is 5.30. The Labute approximate surface area is 178 Å². The molecule has 29 heavy (non-hydrogen) atoms. The van der Waals surface area contributed by atoms with Gasteiger partial charge in [-0.1, -0.05) is 71.1 Å². The second-order valence-electron chi connectivity index (χ2n) is 10.1. The molecule has 7 unspecified atom stereocenters. The molecule has 2 heteroatoms. The lowest BCUT2D eigenvalue weighted by Gasteiger charge is -2.52. The Balaban J connectivity index is 1.77. The summed E-state index contributed by atoms with van der Waals surface area (Å²) < 4.78 is 0. The number of fused-ring (bicyclic) bond motifs is 2. The highest BCUT2D eigenvalue weighted by atomic mass is 15.4. The molecule has 158 valence electrons. The maximum absolute atomic E-state index is 2.81. The standard InChI is InChI=1S/C27H40N2/c1-8-9-12-21(17(2)3)18(4)22-13-10-14-23-19(5)24-15-11-16-25-27(24)29(26(22)23)20(6)28(25)7/h9-13,15-23,26H,8,14H2,1-7H3/b12-9-. The van der Waals surface area contributed by atoms with Gasteiger partial charge in [0.25, 0.3) is 0 Å². The first-order valence-electron chi connectivity index (χ1n) is 11.9. The fraction of sp³-hybridized carbons (Fsp3) is 0.630. The Morgan fingerprint density at radius 1 is 1.17 bits per heavy atom. The molecule has 0 N–H and O–H groups in total. The van der Waals surface area contributed by atoms with Gasteiger partial charge in [-0.3, -0.25) is 0 Å². The number of anilines is 2. The number of rotatable bonds is 5. The lowest BCUT2D eigenvalue weighted by molar-refractivity contribution is 0.172. The van der Waals surface area contributed by atoms with Crippen LogP contribution in [0, 0.1) is 29.6 Å². The third-order valence-electron chi connectivity index (χ3n) is 8.28. The molecule has 0 radical (unpaired) electrons. The Morgan fingerprint density at radius 3 is 2.62 bits per heavy atom. The van der Waals surface area contributed by atoms with Crippen molar-refractivity contribution in [3.63, 3.8) is 0 Å². The van der Waals surface area contributed by atoms with Crippen molar-refractivity contribution >= 4 is 11.4 Å². The van der Waals surface area contributed by atoms with Gasteiger partial charge in [-0.2, -0.15) is 0 Å². The van der Waals surface area contributed by atoms with Crippen LogP contribution in [0.5, 0.6) is 0 Å².